The molecule has 4 nitrogen and oxygen atoms in total. The van der Waals surface area contributed by atoms with Crippen molar-refractivity contribution in [3.8, 4) is 0 Å². The zero-order valence-electron chi connectivity index (χ0n) is 12.9. The van der Waals surface area contributed by atoms with Gasteiger partial charge in [0.2, 0.25) is 0 Å². The maximum Gasteiger partial charge on any atom is 0.255 e. The van der Waals surface area contributed by atoms with Gasteiger partial charge in [-0.25, -0.2) is 0 Å². The topological polar surface area (TPSA) is 68.0 Å². The summed E-state index contributed by atoms with van der Waals surface area (Å²) < 4.78 is 0. The Labute approximate surface area is 121 Å². The molecule has 1 amide bonds. The van der Waals surface area contributed by atoms with E-state index in [1.807, 2.05) is 0 Å². The fraction of sp³-hybridized carbons (Fsp3) is 0.625. The van der Waals surface area contributed by atoms with Gasteiger partial charge in [0.25, 0.3) is 5.91 Å². The van der Waals surface area contributed by atoms with Gasteiger partial charge in [-0.2, -0.15) is 0 Å². The number of anilines is 1. The van der Waals surface area contributed by atoms with Gasteiger partial charge in [0.15, 0.2) is 0 Å². The number of hydrogen-bond acceptors (Lipinski definition) is 3. The van der Waals surface area contributed by atoms with Crippen molar-refractivity contribution in [3.63, 3.8) is 0 Å². The Morgan fingerprint density at radius 3 is 2.45 bits per heavy atom. The Morgan fingerprint density at radius 2 is 1.90 bits per heavy atom. The number of amides is 1. The number of nitrogens with one attached hydrogen (secondary N) is 1. The molecule has 3 N–H and O–H groups in total. The molecule has 110 valence electrons. The molecule has 0 saturated heterocycles. The summed E-state index contributed by atoms with van der Waals surface area (Å²) in [6.45, 7) is 9.08. The Kier molecular flexibility index (Phi) is 3.76. The molecule has 0 unspecified atom stereocenters. The first-order valence-corrected chi connectivity index (χ1v) is 7.19. The summed E-state index contributed by atoms with van der Waals surface area (Å²) in [5, 5.41) is 3.13. The van der Waals surface area contributed by atoms with E-state index in [1.54, 1.807) is 12.3 Å². The summed E-state index contributed by atoms with van der Waals surface area (Å²) in [5.41, 5.74) is 7.28. The molecule has 1 aliphatic carbocycles. The van der Waals surface area contributed by atoms with Gasteiger partial charge < -0.3 is 11.1 Å². The van der Waals surface area contributed by atoms with Gasteiger partial charge in [-0.15, -0.1) is 0 Å². The monoisotopic (exact) mass is 275 g/mol. The summed E-state index contributed by atoms with van der Waals surface area (Å²) in [5.74, 6) is -0.117. The van der Waals surface area contributed by atoms with Crippen molar-refractivity contribution in [3.05, 3.63) is 24.0 Å². The number of nitrogens with zero attached hydrogens (tertiary/aromatic N) is 1. The van der Waals surface area contributed by atoms with Crippen LogP contribution in [-0.4, -0.2) is 16.9 Å². The van der Waals surface area contributed by atoms with Crippen molar-refractivity contribution in [2.45, 2.75) is 53.0 Å². The summed E-state index contributed by atoms with van der Waals surface area (Å²) in [6, 6.07) is 1.85. The molecule has 0 radical (unpaired) electrons. The molecule has 0 atom stereocenters. The predicted molar refractivity (Wildman–Crippen MR) is 81.3 cm³/mol. The molecular formula is C16H25N3O. The van der Waals surface area contributed by atoms with Gasteiger partial charge in [0.05, 0.1) is 5.56 Å². The van der Waals surface area contributed by atoms with Crippen LogP contribution in [0.2, 0.25) is 0 Å². The molecular weight excluding hydrogens is 250 g/mol. The van der Waals surface area contributed by atoms with E-state index in [0.29, 0.717) is 11.3 Å². The lowest BCUT2D eigenvalue weighted by Gasteiger charge is -2.45. The van der Waals surface area contributed by atoms with Crippen molar-refractivity contribution in [1.82, 2.24) is 10.3 Å². The number of carbonyl (C=O) groups is 1. The lowest BCUT2D eigenvalue weighted by Crippen LogP contribution is -2.46. The summed E-state index contributed by atoms with van der Waals surface area (Å²) >= 11 is 0. The third-order valence-corrected chi connectivity index (χ3v) is 3.99. The van der Waals surface area contributed by atoms with Gasteiger partial charge in [-0.1, -0.05) is 27.7 Å². The molecule has 0 aliphatic heterocycles. The highest BCUT2D eigenvalue weighted by Gasteiger charge is 2.39. The van der Waals surface area contributed by atoms with Crippen LogP contribution in [-0.2, 0) is 0 Å². The molecule has 20 heavy (non-hydrogen) atoms. The third-order valence-electron chi connectivity index (χ3n) is 3.99. The second-order valence-electron chi connectivity index (χ2n) is 7.55. The van der Waals surface area contributed by atoms with Gasteiger partial charge in [-0.05, 0) is 36.2 Å². The SMILES string of the molecule is CC1(C)CC(NC(=O)c2cnccc2N)CC(C)(C)C1. The summed E-state index contributed by atoms with van der Waals surface area (Å²) in [6.07, 6.45) is 6.31. The first-order chi connectivity index (χ1) is 9.19. The smallest absolute Gasteiger partial charge is 0.255 e. The van der Waals surface area contributed by atoms with Crippen molar-refractivity contribution in [2.75, 3.05) is 5.73 Å². The highest BCUT2D eigenvalue weighted by molar-refractivity contribution is 5.98. The van der Waals surface area contributed by atoms with Crippen LogP contribution in [0.4, 0.5) is 5.69 Å². The highest BCUT2D eigenvalue weighted by Crippen LogP contribution is 2.45. The van der Waals surface area contributed by atoms with Crippen LogP contribution in [0.1, 0.15) is 57.3 Å². The Bertz CT molecular complexity index is 492. The zero-order chi connectivity index (χ0) is 15.0. The van der Waals surface area contributed by atoms with Crippen LogP contribution in [0, 0.1) is 10.8 Å². The molecule has 0 aromatic carbocycles. The second kappa shape index (κ2) is 5.08. The number of rotatable bonds is 2. The summed E-state index contributed by atoms with van der Waals surface area (Å²) in [4.78, 5) is 16.3. The minimum atomic E-state index is -0.117. The largest absolute Gasteiger partial charge is 0.398 e. The normalized spacial score (nSPS) is 21.4. The van der Waals surface area contributed by atoms with Crippen LogP contribution < -0.4 is 11.1 Å². The fourth-order valence-corrected chi connectivity index (χ4v) is 3.81. The van der Waals surface area contributed by atoms with E-state index in [2.05, 4.69) is 38.0 Å². The lowest BCUT2D eigenvalue weighted by molar-refractivity contribution is 0.0714. The van der Waals surface area contributed by atoms with Gasteiger partial charge in [0.1, 0.15) is 0 Å². The van der Waals surface area contributed by atoms with E-state index in [4.69, 9.17) is 5.73 Å². The molecule has 1 fully saturated rings. The first kappa shape index (κ1) is 14.8. The maximum atomic E-state index is 12.3. The second-order valence-corrected chi connectivity index (χ2v) is 7.55. The molecule has 2 rings (SSSR count). The minimum absolute atomic E-state index is 0.117. The molecule has 4 heteroatoms. The standard InChI is InChI=1S/C16H25N3O/c1-15(2)7-11(8-16(3,4)10-15)19-14(20)12-9-18-6-5-13(12)17/h5-6,9,11H,7-8,10H2,1-4H3,(H2,17,18)(H,19,20). The number of pyridine rings is 1. The van der Waals surface area contributed by atoms with Crippen LogP contribution in [0.25, 0.3) is 0 Å². The van der Waals surface area contributed by atoms with Gasteiger partial charge >= 0.3 is 0 Å². The quantitative estimate of drug-likeness (QED) is 0.871. The maximum absolute atomic E-state index is 12.3. The molecule has 1 aromatic rings. The first-order valence-electron chi connectivity index (χ1n) is 7.19. The zero-order valence-corrected chi connectivity index (χ0v) is 12.9. The van der Waals surface area contributed by atoms with Crippen molar-refractivity contribution < 1.29 is 4.79 Å². The van der Waals surface area contributed by atoms with Crippen molar-refractivity contribution in [1.29, 1.82) is 0 Å². The lowest BCUT2D eigenvalue weighted by atomic mass is 9.63. The number of aromatic nitrogens is 1. The van der Waals surface area contributed by atoms with E-state index in [-0.39, 0.29) is 22.8 Å². The predicted octanol–water partition coefficient (Wildman–Crippen LogP) is 3.00. The number of nitrogen functional groups attached to an aromatic ring is 1. The number of hydrogen-bond donors (Lipinski definition) is 2. The van der Waals surface area contributed by atoms with E-state index >= 15 is 0 Å². The highest BCUT2D eigenvalue weighted by atomic mass is 16.1. The number of carbonyl (C=O) groups excluding carboxylic acids is 1. The van der Waals surface area contributed by atoms with E-state index in [0.717, 1.165) is 12.8 Å². The molecule has 1 heterocycles. The van der Waals surface area contributed by atoms with Crippen LogP contribution >= 0.6 is 0 Å². The molecule has 1 saturated carbocycles. The van der Waals surface area contributed by atoms with Gasteiger partial charge in [-0.3, -0.25) is 9.78 Å². The minimum Gasteiger partial charge on any atom is -0.398 e. The summed E-state index contributed by atoms with van der Waals surface area (Å²) in [7, 11) is 0. The third kappa shape index (κ3) is 3.50. The Balaban J connectivity index is 2.10. The van der Waals surface area contributed by atoms with E-state index < -0.39 is 0 Å². The van der Waals surface area contributed by atoms with Gasteiger partial charge in [0, 0.05) is 24.1 Å². The Morgan fingerprint density at radius 1 is 1.30 bits per heavy atom. The molecule has 1 aliphatic rings. The average molecular weight is 275 g/mol. The van der Waals surface area contributed by atoms with E-state index in [9.17, 15) is 4.79 Å². The van der Waals surface area contributed by atoms with Crippen LogP contribution in [0.5, 0.6) is 0 Å². The van der Waals surface area contributed by atoms with Crippen molar-refractivity contribution >= 4 is 11.6 Å². The van der Waals surface area contributed by atoms with Crippen molar-refractivity contribution in [2.24, 2.45) is 10.8 Å². The fourth-order valence-electron chi connectivity index (χ4n) is 3.81. The average Bonchev–Trinajstić information content (AvgIpc) is 2.24. The molecule has 0 bridgehead atoms. The van der Waals surface area contributed by atoms with Crippen LogP contribution in [0.15, 0.2) is 18.5 Å². The number of nitrogens with two attached hydrogens (primary N) is 1. The van der Waals surface area contributed by atoms with E-state index in [1.165, 1.54) is 12.6 Å². The Hall–Kier alpha value is -1.58. The molecule has 0 spiro atoms. The molecule has 1 aromatic heterocycles. The van der Waals surface area contributed by atoms with Crippen LogP contribution in [0.3, 0.4) is 0 Å².